The Morgan fingerprint density at radius 3 is 2.67 bits per heavy atom. The summed E-state index contributed by atoms with van der Waals surface area (Å²) >= 11 is 0. The Hall–Kier alpha value is -1.62. The number of para-hydroxylation sites is 2. The number of nitrogens with one attached hydrogen (secondary N) is 1. The topological polar surface area (TPSA) is 21.3 Å². The van der Waals surface area contributed by atoms with E-state index in [4.69, 9.17) is 11.2 Å². The molecule has 1 N–H and O–H groups in total. The molecule has 0 radical (unpaired) electrons. The molecule has 1 aliphatic carbocycles. The average molecular weight is 243 g/mol. The van der Waals surface area contributed by atoms with Crippen LogP contribution in [0.1, 0.15) is 32.1 Å². The van der Waals surface area contributed by atoms with Gasteiger partial charge in [0, 0.05) is 0 Å². The summed E-state index contributed by atoms with van der Waals surface area (Å²) in [5.41, 5.74) is 0.994. The molecule has 0 bridgehead atoms. The van der Waals surface area contributed by atoms with Crippen LogP contribution in [-0.2, 0) is 0 Å². The van der Waals surface area contributed by atoms with E-state index in [-0.39, 0.29) is 6.04 Å². The van der Waals surface area contributed by atoms with Crippen LogP contribution in [0.5, 0.6) is 5.75 Å². The summed E-state index contributed by atoms with van der Waals surface area (Å²) in [6.45, 7) is 0. The Bertz CT molecular complexity index is 415. The lowest BCUT2D eigenvalue weighted by Gasteiger charge is -2.28. The zero-order valence-corrected chi connectivity index (χ0v) is 11.0. The number of ether oxygens (including phenoxy) is 1. The normalized spacial score (nSPS) is 17.8. The van der Waals surface area contributed by atoms with E-state index in [9.17, 15) is 0 Å². The number of methoxy groups -OCH3 is 1. The third-order valence-corrected chi connectivity index (χ3v) is 3.72. The molecule has 1 fully saturated rings. The Balaban J connectivity index is 2.07. The van der Waals surface area contributed by atoms with Crippen molar-refractivity contribution in [1.29, 1.82) is 0 Å². The van der Waals surface area contributed by atoms with Crippen LogP contribution >= 0.6 is 0 Å². The van der Waals surface area contributed by atoms with Gasteiger partial charge in [0.25, 0.3) is 0 Å². The summed E-state index contributed by atoms with van der Waals surface area (Å²) in [5, 5.41) is 3.46. The minimum Gasteiger partial charge on any atom is -0.495 e. The highest BCUT2D eigenvalue weighted by molar-refractivity contribution is 5.57. The van der Waals surface area contributed by atoms with Crippen LogP contribution in [0.15, 0.2) is 24.3 Å². The van der Waals surface area contributed by atoms with Crippen molar-refractivity contribution in [3.8, 4) is 18.1 Å². The predicted molar refractivity (Wildman–Crippen MR) is 75.8 cm³/mol. The first-order chi connectivity index (χ1) is 8.85. The van der Waals surface area contributed by atoms with Crippen molar-refractivity contribution in [2.75, 3.05) is 12.4 Å². The molecule has 0 aliphatic heterocycles. The van der Waals surface area contributed by atoms with Gasteiger partial charge >= 0.3 is 0 Å². The van der Waals surface area contributed by atoms with Gasteiger partial charge in [-0.3, -0.25) is 0 Å². The molecule has 18 heavy (non-hydrogen) atoms. The molecule has 1 aromatic rings. The molecule has 0 amide bonds. The summed E-state index contributed by atoms with van der Waals surface area (Å²) < 4.78 is 5.35. The predicted octanol–water partition coefficient (Wildman–Crippen LogP) is 3.69. The molecule has 0 spiro atoms. The van der Waals surface area contributed by atoms with Gasteiger partial charge in [-0.1, -0.05) is 37.3 Å². The van der Waals surface area contributed by atoms with E-state index in [1.54, 1.807) is 7.11 Å². The highest BCUT2D eigenvalue weighted by Crippen LogP contribution is 2.30. The number of rotatable bonds is 4. The lowest BCUT2D eigenvalue weighted by atomic mass is 9.84. The fourth-order valence-electron chi connectivity index (χ4n) is 2.69. The molecule has 0 aromatic heterocycles. The van der Waals surface area contributed by atoms with Gasteiger partial charge in [0.2, 0.25) is 0 Å². The fourth-order valence-corrected chi connectivity index (χ4v) is 2.69. The van der Waals surface area contributed by atoms with Crippen molar-refractivity contribution >= 4 is 5.69 Å². The molecule has 0 unspecified atom stereocenters. The van der Waals surface area contributed by atoms with Crippen molar-refractivity contribution < 1.29 is 4.74 Å². The number of hydrogen-bond donors (Lipinski definition) is 1. The monoisotopic (exact) mass is 243 g/mol. The zero-order valence-electron chi connectivity index (χ0n) is 11.0. The summed E-state index contributed by atoms with van der Waals surface area (Å²) in [4.78, 5) is 0. The Labute approximate surface area is 110 Å². The smallest absolute Gasteiger partial charge is 0.141 e. The summed E-state index contributed by atoms with van der Waals surface area (Å²) in [7, 11) is 1.69. The molecule has 2 heteroatoms. The maximum Gasteiger partial charge on any atom is 0.141 e. The van der Waals surface area contributed by atoms with E-state index < -0.39 is 0 Å². The van der Waals surface area contributed by atoms with Gasteiger partial charge in [0.1, 0.15) is 5.75 Å². The largest absolute Gasteiger partial charge is 0.495 e. The van der Waals surface area contributed by atoms with Crippen LogP contribution in [0, 0.1) is 18.3 Å². The van der Waals surface area contributed by atoms with Crippen molar-refractivity contribution in [2.45, 2.75) is 38.1 Å². The highest BCUT2D eigenvalue weighted by Gasteiger charge is 2.22. The van der Waals surface area contributed by atoms with Gasteiger partial charge < -0.3 is 10.1 Å². The van der Waals surface area contributed by atoms with Crippen molar-refractivity contribution in [3.63, 3.8) is 0 Å². The summed E-state index contributed by atoms with van der Waals surface area (Å²) in [6, 6.07) is 8.05. The molecular formula is C16H21NO. The van der Waals surface area contributed by atoms with E-state index in [1.807, 2.05) is 24.3 Å². The van der Waals surface area contributed by atoms with Crippen LogP contribution < -0.4 is 10.1 Å². The Kier molecular flexibility index (Phi) is 4.52. The second-order valence-electron chi connectivity index (χ2n) is 4.89. The molecular weight excluding hydrogens is 222 g/mol. The number of benzene rings is 1. The number of terminal acetylenes is 1. The second-order valence-corrected chi connectivity index (χ2v) is 4.89. The van der Waals surface area contributed by atoms with E-state index in [2.05, 4.69) is 11.2 Å². The maximum atomic E-state index is 5.69. The molecule has 0 saturated heterocycles. The van der Waals surface area contributed by atoms with E-state index in [0.29, 0.717) is 5.92 Å². The molecule has 0 heterocycles. The zero-order chi connectivity index (χ0) is 12.8. The summed E-state index contributed by atoms with van der Waals surface area (Å²) in [5.74, 6) is 4.35. The summed E-state index contributed by atoms with van der Waals surface area (Å²) in [6.07, 6.45) is 12.1. The van der Waals surface area contributed by atoms with Crippen LogP contribution in [0.25, 0.3) is 0 Å². The van der Waals surface area contributed by atoms with Crippen molar-refractivity contribution in [3.05, 3.63) is 24.3 Å². The third kappa shape index (κ3) is 2.98. The standard InChI is InChI=1S/C16H21NO/c1-3-14(13-9-5-4-6-10-13)17-15-11-7-8-12-16(15)18-2/h1,7-8,11-14,17H,4-6,9-10H2,2H3/t14-/m1/s1. The fraction of sp³-hybridized carbons (Fsp3) is 0.500. The quantitative estimate of drug-likeness (QED) is 0.814. The minimum atomic E-state index is 0.113. The molecule has 2 nitrogen and oxygen atoms in total. The van der Waals surface area contributed by atoms with Gasteiger partial charge in [-0.05, 0) is 30.9 Å². The lowest BCUT2D eigenvalue weighted by Crippen LogP contribution is -2.29. The Morgan fingerprint density at radius 2 is 2.00 bits per heavy atom. The molecule has 1 aromatic carbocycles. The van der Waals surface area contributed by atoms with E-state index in [0.717, 1.165) is 11.4 Å². The van der Waals surface area contributed by atoms with Gasteiger partial charge in [0.05, 0.1) is 18.8 Å². The van der Waals surface area contributed by atoms with Gasteiger partial charge in [-0.25, -0.2) is 0 Å². The first-order valence-corrected chi connectivity index (χ1v) is 6.71. The molecule has 96 valence electrons. The Morgan fingerprint density at radius 1 is 1.28 bits per heavy atom. The molecule has 2 rings (SSSR count). The van der Waals surface area contributed by atoms with Crippen LogP contribution in [0.2, 0.25) is 0 Å². The van der Waals surface area contributed by atoms with Gasteiger partial charge in [-0.2, -0.15) is 0 Å². The average Bonchev–Trinajstić information content (AvgIpc) is 2.46. The van der Waals surface area contributed by atoms with Crippen LogP contribution in [0.3, 0.4) is 0 Å². The maximum absolute atomic E-state index is 5.69. The first kappa shape index (κ1) is 12.8. The van der Waals surface area contributed by atoms with Crippen molar-refractivity contribution in [2.24, 2.45) is 5.92 Å². The van der Waals surface area contributed by atoms with Gasteiger partial charge in [-0.15, -0.1) is 6.42 Å². The number of anilines is 1. The third-order valence-electron chi connectivity index (χ3n) is 3.72. The van der Waals surface area contributed by atoms with Crippen LogP contribution in [-0.4, -0.2) is 13.2 Å². The first-order valence-electron chi connectivity index (χ1n) is 6.71. The minimum absolute atomic E-state index is 0.113. The lowest BCUT2D eigenvalue weighted by molar-refractivity contribution is 0.346. The number of hydrogen-bond acceptors (Lipinski definition) is 2. The van der Waals surface area contributed by atoms with Crippen molar-refractivity contribution in [1.82, 2.24) is 0 Å². The molecule has 1 aliphatic rings. The van der Waals surface area contributed by atoms with Gasteiger partial charge in [0.15, 0.2) is 0 Å². The SMILES string of the molecule is C#C[C@@H](Nc1ccccc1OC)C1CCCCC1. The molecule has 1 atom stereocenters. The van der Waals surface area contributed by atoms with Crippen LogP contribution in [0.4, 0.5) is 5.69 Å². The van der Waals surface area contributed by atoms with E-state index in [1.165, 1.54) is 32.1 Å². The highest BCUT2D eigenvalue weighted by atomic mass is 16.5. The van der Waals surface area contributed by atoms with E-state index >= 15 is 0 Å². The molecule has 1 saturated carbocycles. The second kappa shape index (κ2) is 6.35.